The molecule has 0 saturated heterocycles. The van der Waals surface area contributed by atoms with E-state index in [1.54, 1.807) is 30.3 Å². The van der Waals surface area contributed by atoms with Crippen LogP contribution in [-0.4, -0.2) is 11.8 Å². The predicted octanol–water partition coefficient (Wildman–Crippen LogP) is 3.13. The molecule has 1 aliphatic rings. The van der Waals surface area contributed by atoms with Crippen molar-refractivity contribution < 1.29 is 23.5 Å². The first-order valence-corrected chi connectivity index (χ1v) is 6.36. The maximum Gasteiger partial charge on any atom is 0.308 e. The molecule has 2 aromatic rings. The van der Waals surface area contributed by atoms with Gasteiger partial charge in [-0.1, -0.05) is 0 Å². The van der Waals surface area contributed by atoms with E-state index in [1.165, 1.54) is 13.0 Å². The van der Waals surface area contributed by atoms with Crippen molar-refractivity contribution in [3.63, 3.8) is 0 Å². The van der Waals surface area contributed by atoms with Crippen molar-refractivity contribution in [3.05, 3.63) is 53.2 Å². The normalized spacial score (nSPS) is 15.0. The van der Waals surface area contributed by atoms with E-state index in [0.29, 0.717) is 22.8 Å². The number of hydrogen-bond donors (Lipinski definition) is 0. The van der Waals surface area contributed by atoms with E-state index < -0.39 is 5.97 Å². The van der Waals surface area contributed by atoms with Crippen molar-refractivity contribution in [2.24, 2.45) is 0 Å². The Bertz CT molecular complexity index is 767. The molecule has 0 atom stereocenters. The predicted molar refractivity (Wildman–Crippen MR) is 74.1 cm³/mol. The summed E-state index contributed by atoms with van der Waals surface area (Å²) >= 11 is 0. The van der Waals surface area contributed by atoms with Gasteiger partial charge in [0.15, 0.2) is 5.76 Å². The molecule has 2 heterocycles. The number of benzene rings is 1. The molecule has 5 nitrogen and oxygen atoms in total. The summed E-state index contributed by atoms with van der Waals surface area (Å²) in [4.78, 5) is 23.1. The summed E-state index contributed by atoms with van der Waals surface area (Å²) in [6.45, 7) is 3.13. The van der Waals surface area contributed by atoms with Gasteiger partial charge >= 0.3 is 5.97 Å². The van der Waals surface area contributed by atoms with Crippen LogP contribution < -0.4 is 9.47 Å². The molecule has 1 aromatic heterocycles. The second kappa shape index (κ2) is 4.94. The maximum atomic E-state index is 12.2. The van der Waals surface area contributed by atoms with E-state index in [9.17, 15) is 9.59 Å². The first-order valence-electron chi connectivity index (χ1n) is 6.36. The smallest absolute Gasteiger partial charge is 0.308 e. The van der Waals surface area contributed by atoms with Crippen LogP contribution in [0, 0.1) is 6.92 Å². The Labute approximate surface area is 120 Å². The van der Waals surface area contributed by atoms with Crippen molar-refractivity contribution in [2.75, 3.05) is 0 Å². The summed E-state index contributed by atoms with van der Waals surface area (Å²) in [6.07, 6.45) is 1.54. The van der Waals surface area contributed by atoms with Crippen LogP contribution in [0.2, 0.25) is 0 Å². The van der Waals surface area contributed by atoms with Gasteiger partial charge in [0.2, 0.25) is 5.78 Å². The Balaban J connectivity index is 1.91. The molecular formula is C16H12O5. The minimum atomic E-state index is -0.430. The quantitative estimate of drug-likeness (QED) is 0.481. The number of ketones is 1. The number of hydrogen-bond acceptors (Lipinski definition) is 5. The Morgan fingerprint density at radius 1 is 1.24 bits per heavy atom. The van der Waals surface area contributed by atoms with Crippen LogP contribution in [0.5, 0.6) is 11.5 Å². The molecule has 1 aromatic carbocycles. The van der Waals surface area contributed by atoms with E-state index in [1.807, 2.05) is 6.92 Å². The summed E-state index contributed by atoms with van der Waals surface area (Å²) in [5, 5.41) is 0. The van der Waals surface area contributed by atoms with Gasteiger partial charge in [0.05, 0.1) is 5.56 Å². The standard InChI is InChI=1S/C16H12O5/c1-9-3-4-11(19-9)8-15-16(18)13-6-5-12(20-10(2)17)7-14(13)21-15/h3-8H,1-2H3/b15-8-. The van der Waals surface area contributed by atoms with E-state index in [0.717, 1.165) is 5.76 Å². The van der Waals surface area contributed by atoms with Gasteiger partial charge in [-0.3, -0.25) is 9.59 Å². The van der Waals surface area contributed by atoms with Crippen LogP contribution >= 0.6 is 0 Å². The van der Waals surface area contributed by atoms with Crippen LogP contribution in [0.15, 0.2) is 40.5 Å². The minimum Gasteiger partial charge on any atom is -0.462 e. The van der Waals surface area contributed by atoms with Gasteiger partial charge in [0, 0.05) is 19.1 Å². The van der Waals surface area contributed by atoms with Crippen molar-refractivity contribution in [1.82, 2.24) is 0 Å². The number of aryl methyl sites for hydroxylation is 1. The Hall–Kier alpha value is -2.82. The molecular weight excluding hydrogens is 272 g/mol. The summed E-state index contributed by atoms with van der Waals surface area (Å²) in [7, 11) is 0. The fourth-order valence-corrected chi connectivity index (χ4v) is 2.06. The third-order valence-electron chi connectivity index (χ3n) is 2.94. The number of esters is 1. The molecule has 0 aliphatic carbocycles. The molecule has 0 radical (unpaired) electrons. The summed E-state index contributed by atoms with van der Waals surface area (Å²) in [5.41, 5.74) is 0.431. The third kappa shape index (κ3) is 2.58. The summed E-state index contributed by atoms with van der Waals surface area (Å²) < 4.78 is 15.9. The zero-order valence-corrected chi connectivity index (χ0v) is 11.5. The van der Waals surface area contributed by atoms with Gasteiger partial charge in [0.25, 0.3) is 0 Å². The third-order valence-corrected chi connectivity index (χ3v) is 2.94. The van der Waals surface area contributed by atoms with Crippen LogP contribution in [0.1, 0.15) is 28.8 Å². The van der Waals surface area contributed by atoms with E-state index in [-0.39, 0.29) is 11.5 Å². The highest BCUT2D eigenvalue weighted by Crippen LogP contribution is 2.35. The van der Waals surface area contributed by atoms with Gasteiger partial charge in [-0.15, -0.1) is 0 Å². The topological polar surface area (TPSA) is 65.7 Å². The van der Waals surface area contributed by atoms with Crippen LogP contribution in [0.3, 0.4) is 0 Å². The lowest BCUT2D eigenvalue weighted by Crippen LogP contribution is -2.01. The Morgan fingerprint density at radius 2 is 2.05 bits per heavy atom. The zero-order chi connectivity index (χ0) is 15.0. The fourth-order valence-electron chi connectivity index (χ4n) is 2.06. The second-order valence-corrected chi connectivity index (χ2v) is 4.64. The maximum absolute atomic E-state index is 12.2. The summed E-state index contributed by atoms with van der Waals surface area (Å²) in [6, 6.07) is 8.21. The molecule has 0 spiro atoms. The highest BCUT2D eigenvalue weighted by molar-refractivity contribution is 6.14. The molecule has 0 saturated carbocycles. The van der Waals surface area contributed by atoms with Gasteiger partial charge in [-0.25, -0.2) is 0 Å². The minimum absolute atomic E-state index is 0.180. The molecule has 0 unspecified atom stereocenters. The SMILES string of the molecule is CC(=O)Oc1ccc2c(c1)O/C(=C\c1ccc(C)o1)C2=O. The first kappa shape index (κ1) is 13.2. The number of carbonyl (C=O) groups is 2. The Morgan fingerprint density at radius 3 is 2.71 bits per heavy atom. The molecule has 3 rings (SSSR count). The molecule has 0 fully saturated rings. The van der Waals surface area contributed by atoms with Crippen LogP contribution in [-0.2, 0) is 4.79 Å². The molecule has 0 bridgehead atoms. The average molecular weight is 284 g/mol. The molecule has 21 heavy (non-hydrogen) atoms. The largest absolute Gasteiger partial charge is 0.462 e. The average Bonchev–Trinajstić information content (AvgIpc) is 2.94. The van der Waals surface area contributed by atoms with Gasteiger partial charge in [0.1, 0.15) is 23.0 Å². The molecule has 0 amide bonds. The summed E-state index contributed by atoms with van der Waals surface area (Å²) in [5.74, 6) is 1.53. The number of carbonyl (C=O) groups excluding carboxylic acids is 2. The van der Waals surface area contributed by atoms with Crippen molar-refractivity contribution >= 4 is 17.8 Å². The van der Waals surface area contributed by atoms with Crippen molar-refractivity contribution in [2.45, 2.75) is 13.8 Å². The van der Waals surface area contributed by atoms with Crippen molar-refractivity contribution in [1.29, 1.82) is 0 Å². The number of allylic oxidation sites excluding steroid dienone is 1. The van der Waals surface area contributed by atoms with Gasteiger partial charge in [-0.2, -0.15) is 0 Å². The van der Waals surface area contributed by atoms with Crippen LogP contribution in [0.25, 0.3) is 6.08 Å². The van der Waals surface area contributed by atoms with Gasteiger partial charge in [-0.05, 0) is 31.2 Å². The molecule has 0 N–H and O–H groups in total. The lowest BCUT2D eigenvalue weighted by molar-refractivity contribution is -0.131. The van der Waals surface area contributed by atoms with E-state index in [2.05, 4.69) is 0 Å². The molecule has 5 heteroatoms. The second-order valence-electron chi connectivity index (χ2n) is 4.64. The molecule has 1 aliphatic heterocycles. The Kier molecular flexibility index (Phi) is 3.10. The first-order chi connectivity index (χ1) is 10.0. The van der Waals surface area contributed by atoms with E-state index in [4.69, 9.17) is 13.9 Å². The number of ether oxygens (including phenoxy) is 2. The van der Waals surface area contributed by atoms with Crippen LogP contribution in [0.4, 0.5) is 0 Å². The zero-order valence-electron chi connectivity index (χ0n) is 11.5. The number of furan rings is 1. The van der Waals surface area contributed by atoms with Gasteiger partial charge < -0.3 is 13.9 Å². The number of Topliss-reactive ketones (excluding diaryl/α,β-unsaturated/α-hetero) is 1. The lowest BCUT2D eigenvalue weighted by atomic mass is 10.1. The monoisotopic (exact) mass is 284 g/mol. The highest BCUT2D eigenvalue weighted by Gasteiger charge is 2.28. The lowest BCUT2D eigenvalue weighted by Gasteiger charge is -2.02. The number of rotatable bonds is 2. The fraction of sp³-hybridized carbons (Fsp3) is 0.125. The number of fused-ring (bicyclic) bond motifs is 1. The highest BCUT2D eigenvalue weighted by atomic mass is 16.5. The van der Waals surface area contributed by atoms with E-state index >= 15 is 0 Å². The van der Waals surface area contributed by atoms with Crippen molar-refractivity contribution in [3.8, 4) is 11.5 Å². The molecule has 106 valence electrons.